The van der Waals surface area contributed by atoms with Gasteiger partial charge in [0.2, 0.25) is 0 Å². The van der Waals surface area contributed by atoms with Crippen LogP contribution in [-0.4, -0.2) is 28.9 Å². The maximum absolute atomic E-state index is 12.8. The lowest BCUT2D eigenvalue weighted by molar-refractivity contribution is -0.136. The molecule has 0 radical (unpaired) electrons. The summed E-state index contributed by atoms with van der Waals surface area (Å²) in [6, 6.07) is 1.83. The van der Waals surface area contributed by atoms with Crippen molar-refractivity contribution in [2.24, 2.45) is 11.8 Å². The van der Waals surface area contributed by atoms with Crippen LogP contribution in [0.2, 0.25) is 0 Å². The zero-order valence-corrected chi connectivity index (χ0v) is 12.3. The number of nitrogens with zero attached hydrogens (tertiary/aromatic N) is 2. The van der Waals surface area contributed by atoms with Crippen LogP contribution in [0.5, 0.6) is 0 Å². The smallest absolute Gasteiger partial charge is 0.323 e. The quantitative estimate of drug-likeness (QED) is 0.633. The summed E-state index contributed by atoms with van der Waals surface area (Å²) >= 11 is 0. The summed E-state index contributed by atoms with van der Waals surface area (Å²) in [5, 5.41) is 11.5. The Morgan fingerprint density at radius 1 is 1.30 bits per heavy atom. The first-order valence-electron chi connectivity index (χ1n) is 7.55. The fraction of sp³-hybridized carbons (Fsp3) is 0.800. The van der Waals surface area contributed by atoms with Gasteiger partial charge in [0, 0.05) is 13.0 Å². The number of carbonyl (C=O) groups excluding carboxylic acids is 2. The number of urea groups is 1. The van der Waals surface area contributed by atoms with Gasteiger partial charge in [-0.15, -0.1) is 0 Å². The van der Waals surface area contributed by atoms with E-state index in [2.05, 4.69) is 25.2 Å². The Morgan fingerprint density at radius 2 is 1.95 bits per heavy atom. The first-order chi connectivity index (χ1) is 9.54. The van der Waals surface area contributed by atoms with Gasteiger partial charge in [-0.2, -0.15) is 5.26 Å². The van der Waals surface area contributed by atoms with Crippen molar-refractivity contribution in [1.82, 2.24) is 10.2 Å². The van der Waals surface area contributed by atoms with Crippen LogP contribution in [0.4, 0.5) is 4.79 Å². The van der Waals surface area contributed by atoms with Gasteiger partial charge in [0.25, 0.3) is 5.91 Å². The summed E-state index contributed by atoms with van der Waals surface area (Å²) in [5.41, 5.74) is -0.690. The van der Waals surface area contributed by atoms with Crippen molar-refractivity contribution in [3.05, 3.63) is 0 Å². The maximum Gasteiger partial charge on any atom is 0.325 e. The summed E-state index contributed by atoms with van der Waals surface area (Å²) in [4.78, 5) is 26.3. The van der Waals surface area contributed by atoms with E-state index in [1.165, 1.54) is 4.90 Å². The van der Waals surface area contributed by atoms with Crippen molar-refractivity contribution in [2.75, 3.05) is 6.54 Å². The van der Waals surface area contributed by atoms with E-state index in [0.717, 1.165) is 25.7 Å². The third-order valence-electron chi connectivity index (χ3n) is 4.91. The Morgan fingerprint density at radius 3 is 2.55 bits per heavy atom. The molecule has 1 heterocycles. The summed E-state index contributed by atoms with van der Waals surface area (Å²) in [7, 11) is 0. The van der Waals surface area contributed by atoms with Crippen molar-refractivity contribution in [2.45, 2.75) is 57.9 Å². The lowest BCUT2D eigenvalue weighted by atomic mass is 9.67. The average Bonchev–Trinajstić information content (AvgIpc) is 2.66. The third kappa shape index (κ3) is 2.28. The van der Waals surface area contributed by atoms with Gasteiger partial charge < -0.3 is 5.32 Å². The predicted octanol–water partition coefficient (Wildman–Crippen LogP) is 2.43. The topological polar surface area (TPSA) is 73.2 Å². The number of nitriles is 1. The summed E-state index contributed by atoms with van der Waals surface area (Å²) in [6.07, 6.45) is 4.99. The van der Waals surface area contributed by atoms with Gasteiger partial charge in [0.15, 0.2) is 0 Å². The van der Waals surface area contributed by atoms with Crippen LogP contribution < -0.4 is 5.32 Å². The number of hydrogen-bond donors (Lipinski definition) is 1. The Kier molecular flexibility index (Phi) is 4.32. The summed E-state index contributed by atoms with van der Waals surface area (Å²) in [6.45, 7) is 4.55. The van der Waals surface area contributed by atoms with E-state index >= 15 is 0 Å². The minimum Gasteiger partial charge on any atom is -0.323 e. The van der Waals surface area contributed by atoms with Crippen LogP contribution in [0.1, 0.15) is 52.4 Å². The second-order valence-corrected chi connectivity index (χ2v) is 6.10. The fourth-order valence-electron chi connectivity index (χ4n) is 3.63. The van der Waals surface area contributed by atoms with Gasteiger partial charge in [-0.1, -0.05) is 20.3 Å². The SMILES string of the molecule is CC1CCCC(C)C12NC(=O)N(CCCCC#N)C2=O. The van der Waals surface area contributed by atoms with E-state index < -0.39 is 5.54 Å². The fourth-order valence-corrected chi connectivity index (χ4v) is 3.63. The van der Waals surface area contributed by atoms with E-state index in [9.17, 15) is 9.59 Å². The first kappa shape index (κ1) is 14.8. The highest BCUT2D eigenvalue weighted by molar-refractivity contribution is 6.07. The van der Waals surface area contributed by atoms with Crippen molar-refractivity contribution >= 4 is 11.9 Å². The lowest BCUT2D eigenvalue weighted by Crippen LogP contribution is -2.58. The van der Waals surface area contributed by atoms with Gasteiger partial charge in [0.05, 0.1) is 6.07 Å². The number of amides is 3. The molecule has 1 aliphatic carbocycles. The van der Waals surface area contributed by atoms with Crippen LogP contribution in [0.15, 0.2) is 0 Å². The third-order valence-corrected chi connectivity index (χ3v) is 4.91. The maximum atomic E-state index is 12.8. The molecule has 5 heteroatoms. The van der Waals surface area contributed by atoms with Crippen molar-refractivity contribution in [3.63, 3.8) is 0 Å². The molecule has 2 rings (SSSR count). The van der Waals surface area contributed by atoms with Gasteiger partial charge in [-0.25, -0.2) is 4.79 Å². The van der Waals surface area contributed by atoms with Crippen LogP contribution in [0, 0.1) is 23.2 Å². The molecule has 3 amide bonds. The van der Waals surface area contributed by atoms with Gasteiger partial charge in [0.1, 0.15) is 5.54 Å². The predicted molar refractivity (Wildman–Crippen MR) is 74.6 cm³/mol. The van der Waals surface area contributed by atoms with Gasteiger partial charge in [-0.05, 0) is 37.5 Å². The molecular weight excluding hydrogens is 254 g/mol. The minimum atomic E-state index is -0.690. The second-order valence-electron chi connectivity index (χ2n) is 6.10. The molecule has 110 valence electrons. The molecule has 20 heavy (non-hydrogen) atoms. The van der Waals surface area contributed by atoms with E-state index in [1.54, 1.807) is 0 Å². The molecule has 5 nitrogen and oxygen atoms in total. The Balaban J connectivity index is 2.09. The number of hydrogen-bond acceptors (Lipinski definition) is 3. The number of imide groups is 1. The minimum absolute atomic E-state index is 0.0563. The number of carbonyl (C=O) groups is 2. The number of nitrogens with one attached hydrogen (secondary N) is 1. The molecule has 2 atom stereocenters. The highest BCUT2D eigenvalue weighted by Crippen LogP contribution is 2.42. The van der Waals surface area contributed by atoms with Crippen LogP contribution in [0.25, 0.3) is 0 Å². The van der Waals surface area contributed by atoms with Crippen LogP contribution in [-0.2, 0) is 4.79 Å². The largest absolute Gasteiger partial charge is 0.325 e. The molecule has 2 unspecified atom stereocenters. The lowest BCUT2D eigenvalue weighted by Gasteiger charge is -2.42. The summed E-state index contributed by atoms with van der Waals surface area (Å²) in [5.74, 6) is 0.317. The molecule has 1 saturated carbocycles. The van der Waals surface area contributed by atoms with Crippen LogP contribution in [0.3, 0.4) is 0 Å². The van der Waals surface area contributed by atoms with E-state index in [-0.39, 0.29) is 23.8 Å². The standard InChI is InChI=1S/C15H23N3O2/c1-11-7-6-8-12(2)15(11)13(19)18(14(20)17-15)10-5-3-4-9-16/h11-12H,3-8,10H2,1-2H3,(H,17,20). The van der Waals surface area contributed by atoms with Crippen LogP contribution >= 0.6 is 0 Å². The molecule has 1 spiro atoms. The van der Waals surface area contributed by atoms with Gasteiger partial charge >= 0.3 is 6.03 Å². The highest BCUT2D eigenvalue weighted by Gasteiger charge is 2.57. The van der Waals surface area contributed by atoms with Crippen molar-refractivity contribution in [1.29, 1.82) is 5.26 Å². The van der Waals surface area contributed by atoms with Crippen molar-refractivity contribution in [3.8, 4) is 6.07 Å². The molecule has 0 aromatic heterocycles. The molecule has 0 aromatic carbocycles. The Bertz CT molecular complexity index is 431. The van der Waals surface area contributed by atoms with E-state index in [0.29, 0.717) is 19.4 Å². The number of unbranched alkanes of at least 4 members (excludes halogenated alkanes) is 2. The summed E-state index contributed by atoms with van der Waals surface area (Å²) < 4.78 is 0. The Hall–Kier alpha value is -1.57. The highest BCUT2D eigenvalue weighted by atomic mass is 16.2. The molecular formula is C15H23N3O2. The number of rotatable bonds is 4. The average molecular weight is 277 g/mol. The molecule has 2 fully saturated rings. The van der Waals surface area contributed by atoms with Crippen molar-refractivity contribution < 1.29 is 9.59 Å². The monoisotopic (exact) mass is 277 g/mol. The first-order valence-corrected chi connectivity index (χ1v) is 7.55. The molecule has 0 aromatic rings. The van der Waals surface area contributed by atoms with Gasteiger partial charge in [-0.3, -0.25) is 9.69 Å². The molecule has 1 N–H and O–H groups in total. The normalized spacial score (nSPS) is 33.4. The second kappa shape index (κ2) is 5.82. The van der Waals surface area contributed by atoms with E-state index in [1.807, 2.05) is 0 Å². The zero-order chi connectivity index (χ0) is 14.8. The molecule has 1 saturated heterocycles. The molecule has 2 aliphatic rings. The molecule has 0 bridgehead atoms. The van der Waals surface area contributed by atoms with E-state index in [4.69, 9.17) is 5.26 Å². The molecule has 1 aliphatic heterocycles. The Labute approximate surface area is 120 Å². The zero-order valence-electron chi connectivity index (χ0n) is 12.3.